The molecule has 1 aliphatic carbocycles. The van der Waals surface area contributed by atoms with Crippen LogP contribution in [0.4, 0.5) is 0 Å². The number of hydrogen-bond donors (Lipinski definition) is 2. The predicted molar refractivity (Wildman–Crippen MR) is 91.9 cm³/mol. The summed E-state index contributed by atoms with van der Waals surface area (Å²) in [4.78, 5) is 25.9. The van der Waals surface area contributed by atoms with Gasteiger partial charge >= 0.3 is 0 Å². The molecular formula is C19H26N2O3. The van der Waals surface area contributed by atoms with Gasteiger partial charge in [-0.2, -0.15) is 0 Å². The van der Waals surface area contributed by atoms with E-state index in [1.165, 1.54) is 4.90 Å². The van der Waals surface area contributed by atoms with Crippen molar-refractivity contribution in [1.82, 2.24) is 10.2 Å². The first kappa shape index (κ1) is 17.1. The summed E-state index contributed by atoms with van der Waals surface area (Å²) in [5.41, 5.74) is 0.478. The Kier molecular flexibility index (Phi) is 5.01. The third-order valence-electron chi connectivity index (χ3n) is 5.21. The van der Waals surface area contributed by atoms with Gasteiger partial charge in [0.15, 0.2) is 0 Å². The molecule has 2 aliphatic rings. The van der Waals surface area contributed by atoms with Gasteiger partial charge in [0.2, 0.25) is 0 Å². The summed E-state index contributed by atoms with van der Waals surface area (Å²) in [6.07, 6.45) is 5.59. The number of benzene rings is 1. The highest BCUT2D eigenvalue weighted by Crippen LogP contribution is 2.28. The smallest absolute Gasteiger partial charge is 0.261 e. The van der Waals surface area contributed by atoms with E-state index in [-0.39, 0.29) is 17.9 Å². The van der Waals surface area contributed by atoms with Gasteiger partial charge in [-0.3, -0.25) is 14.5 Å². The Bertz CT molecular complexity index is 588. The zero-order chi connectivity index (χ0) is 17.2. The molecule has 3 rings (SSSR count). The van der Waals surface area contributed by atoms with E-state index in [9.17, 15) is 14.7 Å². The second kappa shape index (κ2) is 7.03. The third kappa shape index (κ3) is 3.52. The standard InChI is InChI=1S/C19H26N2O3/c1-14(20-13-19(24)10-4-5-11-19)7-6-12-21-17(22)15-8-2-3-9-16(15)18(21)23/h2-3,8-9,14,20,24H,4-7,10-13H2,1H3. The van der Waals surface area contributed by atoms with Crippen LogP contribution in [0, 0.1) is 0 Å². The molecule has 2 amide bonds. The van der Waals surface area contributed by atoms with E-state index in [4.69, 9.17) is 0 Å². The number of fused-ring (bicyclic) bond motifs is 1. The highest BCUT2D eigenvalue weighted by Gasteiger charge is 2.34. The van der Waals surface area contributed by atoms with Crippen molar-refractivity contribution in [2.45, 2.75) is 57.1 Å². The zero-order valence-corrected chi connectivity index (χ0v) is 14.3. The topological polar surface area (TPSA) is 69.6 Å². The molecule has 1 atom stereocenters. The summed E-state index contributed by atoms with van der Waals surface area (Å²) < 4.78 is 0. The van der Waals surface area contributed by atoms with E-state index in [1.54, 1.807) is 24.3 Å². The van der Waals surface area contributed by atoms with Crippen LogP contribution in [0.15, 0.2) is 24.3 Å². The number of aliphatic hydroxyl groups is 1. The zero-order valence-electron chi connectivity index (χ0n) is 14.3. The number of imide groups is 1. The third-order valence-corrected chi connectivity index (χ3v) is 5.21. The van der Waals surface area contributed by atoms with E-state index in [1.807, 2.05) is 0 Å². The molecular weight excluding hydrogens is 304 g/mol. The first-order valence-corrected chi connectivity index (χ1v) is 8.91. The van der Waals surface area contributed by atoms with Crippen LogP contribution in [0.5, 0.6) is 0 Å². The van der Waals surface area contributed by atoms with Gasteiger partial charge in [0, 0.05) is 19.1 Å². The maximum Gasteiger partial charge on any atom is 0.261 e. The Labute approximate surface area is 143 Å². The normalized spacial score (nSPS) is 20.5. The van der Waals surface area contributed by atoms with Crippen LogP contribution in [0.25, 0.3) is 0 Å². The van der Waals surface area contributed by atoms with Crippen molar-refractivity contribution in [3.8, 4) is 0 Å². The molecule has 1 fully saturated rings. The van der Waals surface area contributed by atoms with E-state index >= 15 is 0 Å². The lowest BCUT2D eigenvalue weighted by Crippen LogP contribution is -2.42. The summed E-state index contributed by atoms with van der Waals surface area (Å²) in [5, 5.41) is 13.7. The lowest BCUT2D eigenvalue weighted by atomic mass is 10.0. The minimum absolute atomic E-state index is 0.184. The van der Waals surface area contributed by atoms with Crippen molar-refractivity contribution >= 4 is 11.8 Å². The molecule has 0 spiro atoms. The van der Waals surface area contributed by atoms with Crippen LogP contribution in [0.2, 0.25) is 0 Å². The molecule has 0 radical (unpaired) electrons. The quantitative estimate of drug-likeness (QED) is 0.753. The monoisotopic (exact) mass is 330 g/mol. The molecule has 0 saturated heterocycles. The Morgan fingerprint density at radius 2 is 1.75 bits per heavy atom. The molecule has 0 bridgehead atoms. The van der Waals surface area contributed by atoms with Gasteiger partial charge < -0.3 is 10.4 Å². The molecule has 5 nitrogen and oxygen atoms in total. The molecule has 1 aromatic rings. The number of amides is 2. The first-order valence-electron chi connectivity index (χ1n) is 8.91. The van der Waals surface area contributed by atoms with Crippen LogP contribution in [-0.2, 0) is 0 Å². The highest BCUT2D eigenvalue weighted by atomic mass is 16.3. The SMILES string of the molecule is CC(CCCN1C(=O)c2ccccc2C1=O)NCC1(O)CCCC1. The lowest BCUT2D eigenvalue weighted by molar-refractivity contribution is 0.0450. The number of nitrogens with one attached hydrogen (secondary N) is 1. The van der Waals surface area contributed by atoms with Crippen LogP contribution in [0.1, 0.15) is 66.2 Å². The Morgan fingerprint density at radius 3 is 2.33 bits per heavy atom. The first-order chi connectivity index (χ1) is 11.5. The van der Waals surface area contributed by atoms with Crippen molar-refractivity contribution in [2.75, 3.05) is 13.1 Å². The van der Waals surface area contributed by atoms with Crippen molar-refractivity contribution in [1.29, 1.82) is 0 Å². The van der Waals surface area contributed by atoms with Gasteiger partial charge in [-0.05, 0) is 44.7 Å². The van der Waals surface area contributed by atoms with Crippen molar-refractivity contribution < 1.29 is 14.7 Å². The van der Waals surface area contributed by atoms with Crippen LogP contribution < -0.4 is 5.32 Å². The Morgan fingerprint density at radius 1 is 1.17 bits per heavy atom. The average Bonchev–Trinajstić information content (AvgIpc) is 3.11. The van der Waals surface area contributed by atoms with Crippen molar-refractivity contribution in [3.05, 3.63) is 35.4 Å². The Balaban J connectivity index is 1.44. The number of rotatable bonds is 7. The number of carbonyl (C=O) groups is 2. The van der Waals surface area contributed by atoms with Gasteiger partial charge in [0.05, 0.1) is 16.7 Å². The molecule has 1 saturated carbocycles. The number of nitrogens with zero attached hydrogens (tertiary/aromatic N) is 1. The van der Waals surface area contributed by atoms with E-state index < -0.39 is 5.60 Å². The molecule has 2 N–H and O–H groups in total. The fourth-order valence-electron chi connectivity index (χ4n) is 3.67. The van der Waals surface area contributed by atoms with Crippen LogP contribution >= 0.6 is 0 Å². The molecule has 1 aliphatic heterocycles. The maximum atomic E-state index is 12.3. The summed E-state index contributed by atoms with van der Waals surface area (Å²) in [6, 6.07) is 7.25. The van der Waals surface area contributed by atoms with Gasteiger partial charge in [0.25, 0.3) is 11.8 Å². The molecule has 130 valence electrons. The van der Waals surface area contributed by atoms with Crippen molar-refractivity contribution in [2.24, 2.45) is 0 Å². The Hall–Kier alpha value is -1.72. The number of hydrogen-bond acceptors (Lipinski definition) is 4. The van der Waals surface area contributed by atoms with Gasteiger partial charge in [-0.15, -0.1) is 0 Å². The molecule has 0 aromatic heterocycles. The van der Waals surface area contributed by atoms with E-state index in [2.05, 4.69) is 12.2 Å². The predicted octanol–water partition coefficient (Wildman–Crippen LogP) is 2.35. The molecule has 24 heavy (non-hydrogen) atoms. The minimum Gasteiger partial charge on any atom is -0.389 e. The summed E-state index contributed by atoms with van der Waals surface area (Å²) in [6.45, 7) is 3.16. The lowest BCUT2D eigenvalue weighted by Gasteiger charge is -2.25. The molecule has 1 heterocycles. The van der Waals surface area contributed by atoms with Crippen LogP contribution in [0.3, 0.4) is 0 Å². The van der Waals surface area contributed by atoms with Gasteiger partial charge in [-0.25, -0.2) is 0 Å². The van der Waals surface area contributed by atoms with Gasteiger partial charge in [0.1, 0.15) is 0 Å². The van der Waals surface area contributed by atoms with Crippen molar-refractivity contribution in [3.63, 3.8) is 0 Å². The fourth-order valence-corrected chi connectivity index (χ4v) is 3.67. The maximum absolute atomic E-state index is 12.3. The summed E-state index contributed by atoms with van der Waals surface area (Å²) in [7, 11) is 0. The van der Waals surface area contributed by atoms with E-state index in [0.717, 1.165) is 38.5 Å². The second-order valence-electron chi connectivity index (χ2n) is 7.16. The van der Waals surface area contributed by atoms with Gasteiger partial charge in [-0.1, -0.05) is 25.0 Å². The highest BCUT2D eigenvalue weighted by molar-refractivity contribution is 6.21. The van der Waals surface area contributed by atoms with Crippen LogP contribution in [-0.4, -0.2) is 46.6 Å². The largest absolute Gasteiger partial charge is 0.389 e. The minimum atomic E-state index is -0.545. The average molecular weight is 330 g/mol. The summed E-state index contributed by atoms with van der Waals surface area (Å²) >= 11 is 0. The summed E-state index contributed by atoms with van der Waals surface area (Å²) in [5.74, 6) is -0.368. The fraction of sp³-hybridized carbons (Fsp3) is 0.579. The molecule has 1 aromatic carbocycles. The second-order valence-corrected chi connectivity index (χ2v) is 7.16. The number of carbonyl (C=O) groups excluding carboxylic acids is 2. The molecule has 5 heteroatoms. The molecule has 1 unspecified atom stereocenters. The van der Waals surface area contributed by atoms with E-state index in [0.29, 0.717) is 24.2 Å².